The quantitative estimate of drug-likeness (QED) is 0.454. The molecule has 0 bridgehead atoms. The summed E-state index contributed by atoms with van der Waals surface area (Å²) >= 11 is 0. The van der Waals surface area contributed by atoms with E-state index in [-0.39, 0.29) is 17.3 Å². The number of hydrogen-bond donors (Lipinski definition) is 0. The molecular formula is C24H24F3N3O2. The lowest BCUT2D eigenvalue weighted by atomic mass is 10.1. The molecule has 32 heavy (non-hydrogen) atoms. The highest BCUT2D eigenvalue weighted by Gasteiger charge is 2.30. The van der Waals surface area contributed by atoms with Crippen LogP contribution in [0.1, 0.15) is 37.3 Å². The Labute approximate surface area is 184 Å². The standard InChI is InChI=1S/C24H24F3N3O2/c1-2-3-7-13-32-23-16-20(17-28-30(23)21-11-5-4-6-12-21)29-22(31)15-18-9-8-10-19(14-18)24(25,26)27/h4-6,8-12,14,16-17H,2-3,7,13,15H2,1H3. The number of rotatable bonds is 8. The van der Waals surface area contributed by atoms with Crippen molar-refractivity contribution in [1.29, 1.82) is 0 Å². The van der Waals surface area contributed by atoms with Crippen molar-refractivity contribution >= 4 is 5.91 Å². The lowest BCUT2D eigenvalue weighted by molar-refractivity contribution is -0.137. The third-order valence-electron chi connectivity index (χ3n) is 4.65. The van der Waals surface area contributed by atoms with Gasteiger partial charge in [0.15, 0.2) is 0 Å². The topological polar surface area (TPSA) is 56.5 Å². The molecule has 168 valence electrons. The maximum atomic E-state index is 12.9. The second-order valence-electron chi connectivity index (χ2n) is 7.24. The number of carbonyl (C=O) groups is 1. The molecule has 0 radical (unpaired) electrons. The fourth-order valence-electron chi connectivity index (χ4n) is 3.07. The summed E-state index contributed by atoms with van der Waals surface area (Å²) in [6.45, 7) is 2.59. The molecule has 1 heterocycles. The van der Waals surface area contributed by atoms with Gasteiger partial charge in [-0.1, -0.05) is 56.2 Å². The molecule has 0 unspecified atom stereocenters. The molecule has 0 N–H and O–H groups in total. The summed E-state index contributed by atoms with van der Waals surface area (Å²) in [5.41, 5.74) is 0.239. The Bertz CT molecular complexity index is 1110. The van der Waals surface area contributed by atoms with Crippen LogP contribution in [0.2, 0.25) is 0 Å². The Morgan fingerprint density at radius 3 is 2.56 bits per heavy atom. The Kier molecular flexibility index (Phi) is 7.81. The first kappa shape index (κ1) is 23.2. The molecule has 1 amide bonds. The van der Waals surface area contributed by atoms with E-state index in [1.54, 1.807) is 10.7 Å². The third kappa shape index (κ3) is 6.54. The molecule has 1 aromatic heterocycles. The number of hydrogen-bond acceptors (Lipinski definition) is 3. The lowest BCUT2D eigenvalue weighted by Crippen LogP contribution is -2.16. The van der Waals surface area contributed by atoms with Crippen molar-refractivity contribution in [3.63, 3.8) is 0 Å². The minimum absolute atomic E-state index is 0.243. The number of nitrogens with zero attached hydrogens (tertiary/aromatic N) is 3. The molecule has 0 atom stereocenters. The van der Waals surface area contributed by atoms with Gasteiger partial charge in [-0.05, 0) is 30.2 Å². The van der Waals surface area contributed by atoms with E-state index in [1.165, 1.54) is 18.3 Å². The fourth-order valence-corrected chi connectivity index (χ4v) is 3.07. The highest BCUT2D eigenvalue weighted by molar-refractivity contribution is 5.79. The molecule has 3 aromatic rings. The minimum Gasteiger partial charge on any atom is -0.478 e. The van der Waals surface area contributed by atoms with E-state index >= 15 is 0 Å². The predicted molar refractivity (Wildman–Crippen MR) is 114 cm³/mol. The molecule has 2 aromatic carbocycles. The van der Waals surface area contributed by atoms with Crippen LogP contribution in [-0.2, 0) is 17.4 Å². The van der Waals surface area contributed by atoms with Crippen molar-refractivity contribution in [1.82, 2.24) is 9.78 Å². The molecular weight excluding hydrogens is 419 g/mol. The van der Waals surface area contributed by atoms with Crippen LogP contribution in [0.3, 0.4) is 0 Å². The molecule has 0 aliphatic carbocycles. The second kappa shape index (κ2) is 10.7. The monoisotopic (exact) mass is 443 g/mol. The van der Waals surface area contributed by atoms with Crippen LogP contribution in [0.25, 0.3) is 5.69 Å². The van der Waals surface area contributed by atoms with E-state index in [1.807, 2.05) is 30.3 Å². The third-order valence-corrected chi connectivity index (χ3v) is 4.65. The van der Waals surface area contributed by atoms with Crippen molar-refractivity contribution in [3.05, 3.63) is 83.3 Å². The second-order valence-corrected chi connectivity index (χ2v) is 7.24. The summed E-state index contributed by atoms with van der Waals surface area (Å²) in [6.07, 6.45) is -0.325. The van der Waals surface area contributed by atoms with Gasteiger partial charge < -0.3 is 4.74 Å². The van der Waals surface area contributed by atoms with E-state index in [0.717, 1.165) is 37.1 Å². The largest absolute Gasteiger partial charge is 0.478 e. The van der Waals surface area contributed by atoms with Crippen molar-refractivity contribution in [2.75, 3.05) is 6.61 Å². The Morgan fingerprint density at radius 2 is 1.84 bits per heavy atom. The fraction of sp³-hybridized carbons (Fsp3) is 0.292. The Morgan fingerprint density at radius 1 is 1.06 bits per heavy atom. The smallest absolute Gasteiger partial charge is 0.416 e. The number of halogens is 3. The molecule has 0 aliphatic heterocycles. The maximum absolute atomic E-state index is 12.9. The molecule has 5 nitrogen and oxygen atoms in total. The number of benzene rings is 2. The maximum Gasteiger partial charge on any atom is 0.416 e. The van der Waals surface area contributed by atoms with Gasteiger partial charge in [-0.25, -0.2) is 9.67 Å². The first-order valence-electron chi connectivity index (χ1n) is 10.4. The number of ether oxygens (including phenoxy) is 1. The van der Waals surface area contributed by atoms with Crippen molar-refractivity contribution in [2.45, 2.75) is 38.8 Å². The molecule has 0 aliphatic rings. The summed E-state index contributed by atoms with van der Waals surface area (Å²) in [4.78, 5) is 16.4. The van der Waals surface area contributed by atoms with E-state index in [9.17, 15) is 18.0 Å². The molecule has 0 spiro atoms. The number of aromatic nitrogens is 2. The normalized spacial score (nSPS) is 12.1. The highest BCUT2D eigenvalue weighted by atomic mass is 19.4. The molecule has 0 saturated heterocycles. The molecule has 0 fully saturated rings. The number of para-hydroxylation sites is 1. The number of unbranched alkanes of at least 4 members (excludes halogenated alkanes) is 2. The lowest BCUT2D eigenvalue weighted by Gasteiger charge is -2.13. The molecule has 3 rings (SSSR count). The van der Waals surface area contributed by atoms with Crippen molar-refractivity contribution in [3.8, 4) is 11.6 Å². The predicted octanol–water partition coefficient (Wildman–Crippen LogP) is 5.13. The minimum atomic E-state index is -4.46. The van der Waals surface area contributed by atoms with Crippen molar-refractivity contribution in [2.24, 2.45) is 4.99 Å². The van der Waals surface area contributed by atoms with E-state index in [4.69, 9.17) is 4.74 Å². The average molecular weight is 443 g/mol. The van der Waals surface area contributed by atoms with Gasteiger partial charge in [0.1, 0.15) is 0 Å². The van der Waals surface area contributed by atoms with Crippen LogP contribution in [0.5, 0.6) is 5.88 Å². The SMILES string of the molecule is CCCCCOc1cc(=NC(=O)Cc2cccc(C(F)(F)F)c2)cnn1-c1ccccc1. The summed E-state index contributed by atoms with van der Waals surface area (Å²) in [7, 11) is 0. The van der Waals surface area contributed by atoms with Gasteiger partial charge in [-0.3, -0.25) is 4.79 Å². The Hall–Kier alpha value is -3.42. The van der Waals surface area contributed by atoms with Crippen LogP contribution in [0.4, 0.5) is 13.2 Å². The van der Waals surface area contributed by atoms with Gasteiger partial charge in [0, 0.05) is 6.07 Å². The number of carbonyl (C=O) groups excluding carboxylic acids is 1. The average Bonchev–Trinajstić information content (AvgIpc) is 2.77. The summed E-state index contributed by atoms with van der Waals surface area (Å²) in [6, 6.07) is 15.7. The zero-order valence-electron chi connectivity index (χ0n) is 17.7. The summed E-state index contributed by atoms with van der Waals surface area (Å²) in [5, 5.41) is 4.63. The van der Waals surface area contributed by atoms with E-state index in [2.05, 4.69) is 17.0 Å². The van der Waals surface area contributed by atoms with Crippen molar-refractivity contribution < 1.29 is 22.7 Å². The molecule has 0 saturated carbocycles. The Balaban J connectivity index is 1.84. The van der Waals surface area contributed by atoms with Crippen LogP contribution in [-0.4, -0.2) is 22.3 Å². The van der Waals surface area contributed by atoms with Gasteiger partial charge in [0.25, 0.3) is 5.91 Å². The first-order valence-corrected chi connectivity index (χ1v) is 10.4. The van der Waals surface area contributed by atoms with Gasteiger partial charge in [-0.2, -0.15) is 18.3 Å². The van der Waals surface area contributed by atoms with Crippen LogP contribution >= 0.6 is 0 Å². The van der Waals surface area contributed by atoms with Gasteiger partial charge in [0.2, 0.25) is 5.88 Å². The van der Waals surface area contributed by atoms with Crippen LogP contribution in [0, 0.1) is 0 Å². The van der Waals surface area contributed by atoms with Gasteiger partial charge in [0.05, 0.1) is 35.8 Å². The first-order chi connectivity index (χ1) is 15.4. The van der Waals surface area contributed by atoms with E-state index in [0.29, 0.717) is 12.5 Å². The number of alkyl halides is 3. The highest BCUT2D eigenvalue weighted by Crippen LogP contribution is 2.29. The van der Waals surface area contributed by atoms with Gasteiger partial charge in [-0.15, -0.1) is 0 Å². The summed E-state index contributed by atoms with van der Waals surface area (Å²) in [5.74, 6) is -0.138. The van der Waals surface area contributed by atoms with Gasteiger partial charge >= 0.3 is 6.18 Å². The summed E-state index contributed by atoms with van der Waals surface area (Å²) < 4.78 is 46.2. The number of amides is 1. The zero-order valence-corrected chi connectivity index (χ0v) is 17.7. The molecule has 8 heteroatoms. The van der Waals surface area contributed by atoms with E-state index < -0.39 is 17.6 Å². The van der Waals surface area contributed by atoms with Crippen LogP contribution in [0.15, 0.2) is 71.9 Å². The van der Waals surface area contributed by atoms with Crippen LogP contribution < -0.4 is 10.1 Å². The zero-order chi connectivity index (χ0) is 23.0.